The minimum atomic E-state index is -0.965. The number of aliphatic hydroxyl groups excluding tert-OH is 1. The van der Waals surface area contributed by atoms with Gasteiger partial charge in [0, 0.05) is 5.56 Å². The molecule has 4 nitrogen and oxygen atoms in total. The van der Waals surface area contributed by atoms with Gasteiger partial charge >= 0.3 is 0 Å². The van der Waals surface area contributed by atoms with Crippen LogP contribution in [0.4, 0.5) is 4.39 Å². The van der Waals surface area contributed by atoms with Crippen molar-refractivity contribution in [3.05, 3.63) is 59.4 Å². The van der Waals surface area contributed by atoms with Crippen LogP contribution >= 0.6 is 0 Å². The highest BCUT2D eigenvalue weighted by atomic mass is 19.1. The van der Waals surface area contributed by atoms with E-state index in [1.54, 1.807) is 30.3 Å². The van der Waals surface area contributed by atoms with Crippen LogP contribution in [-0.4, -0.2) is 24.6 Å². The Kier molecular flexibility index (Phi) is 5.12. The Bertz CT molecular complexity index is 652. The highest BCUT2D eigenvalue weighted by Gasteiger charge is 2.12. The first-order chi connectivity index (χ1) is 10.5. The van der Waals surface area contributed by atoms with Gasteiger partial charge in [-0.05, 0) is 48.9 Å². The molecule has 22 heavy (non-hydrogen) atoms. The summed E-state index contributed by atoms with van der Waals surface area (Å²) in [5, 5.41) is 10.0. The van der Waals surface area contributed by atoms with Crippen molar-refractivity contribution in [3.63, 3.8) is 0 Å². The van der Waals surface area contributed by atoms with Gasteiger partial charge in [0.1, 0.15) is 18.5 Å². The number of halogens is 1. The van der Waals surface area contributed by atoms with Gasteiger partial charge in [-0.15, -0.1) is 0 Å². The molecule has 0 aromatic heterocycles. The van der Waals surface area contributed by atoms with Gasteiger partial charge in [0.05, 0.1) is 7.11 Å². The molecule has 1 atom stereocenters. The Balaban J connectivity index is 1.98. The van der Waals surface area contributed by atoms with Crippen LogP contribution in [0.2, 0.25) is 0 Å². The van der Waals surface area contributed by atoms with E-state index in [2.05, 4.69) is 0 Å². The van der Waals surface area contributed by atoms with Crippen LogP contribution in [-0.2, 0) is 0 Å². The van der Waals surface area contributed by atoms with Crippen molar-refractivity contribution in [1.29, 1.82) is 0 Å². The predicted octanol–water partition coefficient (Wildman–Crippen LogP) is 3.15. The van der Waals surface area contributed by atoms with Crippen molar-refractivity contribution in [2.45, 2.75) is 13.0 Å². The number of ketones is 1. The van der Waals surface area contributed by atoms with Gasteiger partial charge in [-0.3, -0.25) is 4.79 Å². The molecule has 0 aliphatic rings. The summed E-state index contributed by atoms with van der Waals surface area (Å²) in [6, 6.07) is 10.8. The van der Waals surface area contributed by atoms with E-state index in [9.17, 15) is 14.3 Å². The molecule has 0 heterocycles. The molecule has 0 radical (unpaired) electrons. The molecule has 0 amide bonds. The molecule has 5 heteroatoms. The smallest absolute Gasteiger partial charge is 0.165 e. The maximum Gasteiger partial charge on any atom is 0.165 e. The van der Waals surface area contributed by atoms with Crippen LogP contribution in [0, 0.1) is 5.82 Å². The van der Waals surface area contributed by atoms with Crippen molar-refractivity contribution in [1.82, 2.24) is 0 Å². The SMILES string of the molecule is COc1ccc(C(O)COc2ccc(C(C)=O)cc2)cc1F. The highest BCUT2D eigenvalue weighted by Crippen LogP contribution is 2.23. The molecular weight excluding hydrogens is 287 g/mol. The summed E-state index contributed by atoms with van der Waals surface area (Å²) >= 11 is 0. The Morgan fingerprint density at radius 3 is 2.45 bits per heavy atom. The topological polar surface area (TPSA) is 55.8 Å². The molecule has 116 valence electrons. The minimum Gasteiger partial charge on any atom is -0.494 e. The number of rotatable bonds is 6. The van der Waals surface area contributed by atoms with Gasteiger partial charge in [0.25, 0.3) is 0 Å². The van der Waals surface area contributed by atoms with E-state index < -0.39 is 11.9 Å². The lowest BCUT2D eigenvalue weighted by atomic mass is 10.1. The van der Waals surface area contributed by atoms with E-state index >= 15 is 0 Å². The molecule has 0 spiro atoms. The van der Waals surface area contributed by atoms with Crippen molar-refractivity contribution in [2.75, 3.05) is 13.7 Å². The van der Waals surface area contributed by atoms with Crippen LogP contribution in [0.25, 0.3) is 0 Å². The first kappa shape index (κ1) is 16.0. The molecule has 0 saturated carbocycles. The zero-order chi connectivity index (χ0) is 16.1. The Labute approximate surface area is 128 Å². The quantitative estimate of drug-likeness (QED) is 0.833. The van der Waals surface area contributed by atoms with Crippen LogP contribution in [0.3, 0.4) is 0 Å². The van der Waals surface area contributed by atoms with Gasteiger partial charge in [0.15, 0.2) is 17.3 Å². The lowest BCUT2D eigenvalue weighted by molar-refractivity contribution is 0.101. The summed E-state index contributed by atoms with van der Waals surface area (Å²) in [7, 11) is 1.38. The summed E-state index contributed by atoms with van der Waals surface area (Å²) in [5.41, 5.74) is 0.990. The second-order valence-corrected chi connectivity index (χ2v) is 4.80. The van der Waals surface area contributed by atoms with Crippen LogP contribution in [0.5, 0.6) is 11.5 Å². The molecule has 1 unspecified atom stereocenters. The fourth-order valence-electron chi connectivity index (χ4n) is 1.95. The number of hydrogen-bond acceptors (Lipinski definition) is 4. The molecule has 0 aliphatic heterocycles. The van der Waals surface area contributed by atoms with Crippen molar-refractivity contribution in [2.24, 2.45) is 0 Å². The second kappa shape index (κ2) is 7.04. The average molecular weight is 304 g/mol. The summed E-state index contributed by atoms with van der Waals surface area (Å²) in [6.07, 6.45) is -0.965. The normalized spacial score (nSPS) is 11.8. The fraction of sp³-hybridized carbons (Fsp3) is 0.235. The molecule has 0 aliphatic carbocycles. The zero-order valence-corrected chi connectivity index (χ0v) is 12.4. The molecule has 0 bridgehead atoms. The number of benzene rings is 2. The third kappa shape index (κ3) is 3.83. The van der Waals surface area contributed by atoms with E-state index in [1.165, 1.54) is 26.2 Å². The third-order valence-corrected chi connectivity index (χ3v) is 3.23. The van der Waals surface area contributed by atoms with E-state index in [1.807, 2.05) is 0 Å². The van der Waals surface area contributed by atoms with Crippen LogP contribution in [0.1, 0.15) is 28.9 Å². The van der Waals surface area contributed by atoms with E-state index in [4.69, 9.17) is 9.47 Å². The van der Waals surface area contributed by atoms with E-state index in [0.29, 0.717) is 16.9 Å². The first-order valence-corrected chi connectivity index (χ1v) is 6.76. The summed E-state index contributed by atoms with van der Waals surface area (Å²) in [5.74, 6) is 0.0832. The number of aliphatic hydroxyl groups is 1. The van der Waals surface area contributed by atoms with Gasteiger partial charge in [-0.2, -0.15) is 0 Å². The molecule has 1 N–H and O–H groups in total. The number of carbonyl (C=O) groups is 1. The monoisotopic (exact) mass is 304 g/mol. The Morgan fingerprint density at radius 1 is 1.23 bits per heavy atom. The van der Waals surface area contributed by atoms with Gasteiger partial charge in [-0.25, -0.2) is 4.39 Å². The Hall–Kier alpha value is -2.40. The zero-order valence-electron chi connectivity index (χ0n) is 12.4. The Morgan fingerprint density at radius 2 is 1.91 bits per heavy atom. The largest absolute Gasteiger partial charge is 0.494 e. The summed E-state index contributed by atoms with van der Waals surface area (Å²) in [6.45, 7) is 1.46. The number of carbonyl (C=O) groups excluding carboxylic acids is 1. The maximum atomic E-state index is 13.6. The lowest BCUT2D eigenvalue weighted by Gasteiger charge is -2.13. The maximum absolute atomic E-state index is 13.6. The predicted molar refractivity (Wildman–Crippen MR) is 79.9 cm³/mol. The van der Waals surface area contributed by atoms with E-state index in [-0.39, 0.29) is 18.1 Å². The van der Waals surface area contributed by atoms with E-state index in [0.717, 1.165) is 0 Å². The highest BCUT2D eigenvalue weighted by molar-refractivity contribution is 5.94. The summed E-state index contributed by atoms with van der Waals surface area (Å²) in [4.78, 5) is 11.2. The van der Waals surface area contributed by atoms with Gasteiger partial charge in [-0.1, -0.05) is 6.07 Å². The fourth-order valence-corrected chi connectivity index (χ4v) is 1.95. The summed E-state index contributed by atoms with van der Waals surface area (Å²) < 4.78 is 23.8. The molecule has 2 rings (SSSR count). The lowest BCUT2D eigenvalue weighted by Crippen LogP contribution is -2.10. The number of methoxy groups -OCH3 is 1. The third-order valence-electron chi connectivity index (χ3n) is 3.23. The van der Waals surface area contributed by atoms with Crippen LogP contribution in [0.15, 0.2) is 42.5 Å². The van der Waals surface area contributed by atoms with Crippen LogP contribution < -0.4 is 9.47 Å². The minimum absolute atomic E-state index is 0.0226. The van der Waals surface area contributed by atoms with Gasteiger partial charge in [0.2, 0.25) is 0 Å². The standard InChI is InChI=1S/C17H17FO4/c1-11(19)12-3-6-14(7-4-12)22-10-16(20)13-5-8-17(21-2)15(18)9-13/h3-9,16,20H,10H2,1-2H3. The molecule has 2 aromatic rings. The number of ether oxygens (including phenoxy) is 2. The average Bonchev–Trinajstić information content (AvgIpc) is 2.52. The van der Waals surface area contributed by atoms with Gasteiger partial charge < -0.3 is 14.6 Å². The first-order valence-electron chi connectivity index (χ1n) is 6.76. The number of hydrogen-bond donors (Lipinski definition) is 1. The number of Topliss-reactive ketones (excluding diaryl/α,β-unsaturated/α-hetero) is 1. The molecular formula is C17H17FO4. The van der Waals surface area contributed by atoms with Crippen molar-refractivity contribution < 1.29 is 23.8 Å². The molecule has 0 saturated heterocycles. The van der Waals surface area contributed by atoms with Crippen molar-refractivity contribution >= 4 is 5.78 Å². The molecule has 0 fully saturated rings. The van der Waals surface area contributed by atoms with Crippen molar-refractivity contribution in [3.8, 4) is 11.5 Å². The molecule has 2 aromatic carbocycles. The second-order valence-electron chi connectivity index (χ2n) is 4.80.